The molecule has 0 aromatic heterocycles. The van der Waals surface area contributed by atoms with Crippen molar-refractivity contribution in [2.45, 2.75) is 6.54 Å². The number of methoxy groups -OCH3 is 2. The molecule has 0 aliphatic carbocycles. The number of hydrogen-bond acceptors (Lipinski definition) is 3. The first-order valence-electron chi connectivity index (χ1n) is 5.72. The molecular formula is C13H21N3O2. The number of benzene rings is 1. The van der Waals surface area contributed by atoms with Crippen molar-refractivity contribution in [3.63, 3.8) is 0 Å². The molecule has 18 heavy (non-hydrogen) atoms. The number of hydrogen-bond donors (Lipinski definition) is 1. The third-order valence-corrected chi connectivity index (χ3v) is 2.70. The van der Waals surface area contributed by atoms with Gasteiger partial charge in [-0.2, -0.15) is 0 Å². The van der Waals surface area contributed by atoms with E-state index in [2.05, 4.69) is 10.3 Å². The van der Waals surface area contributed by atoms with Crippen LogP contribution >= 0.6 is 0 Å². The summed E-state index contributed by atoms with van der Waals surface area (Å²) in [5.74, 6) is 2.43. The fraction of sp³-hybridized carbons (Fsp3) is 0.462. The summed E-state index contributed by atoms with van der Waals surface area (Å²) in [4.78, 5) is 6.18. The molecule has 0 amide bonds. The Morgan fingerprint density at radius 1 is 1.33 bits per heavy atom. The van der Waals surface area contributed by atoms with Gasteiger partial charge in [0, 0.05) is 39.3 Å². The van der Waals surface area contributed by atoms with Gasteiger partial charge in [-0.1, -0.05) is 0 Å². The summed E-state index contributed by atoms with van der Waals surface area (Å²) in [6.07, 6.45) is 0. The standard InChI is InChI=1S/C13H21N3O2/c1-14-13(15-2)16(3)9-10-6-7-11(17-4)8-12(10)18-5/h6-8H,9H2,1-5H3,(H,14,15). The molecule has 100 valence electrons. The minimum Gasteiger partial charge on any atom is -0.497 e. The van der Waals surface area contributed by atoms with Gasteiger partial charge in [0.05, 0.1) is 14.2 Å². The molecule has 0 spiro atoms. The number of guanidine groups is 1. The van der Waals surface area contributed by atoms with Crippen molar-refractivity contribution < 1.29 is 9.47 Å². The highest BCUT2D eigenvalue weighted by Gasteiger charge is 2.09. The first kappa shape index (κ1) is 14.2. The van der Waals surface area contributed by atoms with Crippen LogP contribution in [0, 0.1) is 0 Å². The minimum atomic E-state index is 0.709. The Morgan fingerprint density at radius 3 is 2.56 bits per heavy atom. The van der Waals surface area contributed by atoms with Crippen LogP contribution in [0.2, 0.25) is 0 Å². The molecule has 1 aromatic rings. The van der Waals surface area contributed by atoms with Crippen molar-refractivity contribution in [2.24, 2.45) is 4.99 Å². The summed E-state index contributed by atoms with van der Waals surface area (Å²) >= 11 is 0. The molecule has 0 aliphatic heterocycles. The van der Waals surface area contributed by atoms with Gasteiger partial charge in [0.25, 0.3) is 0 Å². The second-order valence-corrected chi connectivity index (χ2v) is 3.83. The summed E-state index contributed by atoms with van der Waals surface area (Å²) < 4.78 is 10.5. The first-order chi connectivity index (χ1) is 8.65. The zero-order valence-corrected chi connectivity index (χ0v) is 11.7. The van der Waals surface area contributed by atoms with Crippen molar-refractivity contribution in [2.75, 3.05) is 35.4 Å². The summed E-state index contributed by atoms with van der Waals surface area (Å²) in [5, 5.41) is 3.04. The molecule has 0 saturated carbocycles. The van der Waals surface area contributed by atoms with Crippen LogP contribution in [0.1, 0.15) is 5.56 Å². The Morgan fingerprint density at radius 2 is 2.06 bits per heavy atom. The quantitative estimate of drug-likeness (QED) is 0.648. The van der Waals surface area contributed by atoms with Gasteiger partial charge in [0.2, 0.25) is 0 Å². The van der Waals surface area contributed by atoms with Gasteiger partial charge in [-0.05, 0) is 12.1 Å². The predicted molar refractivity (Wildman–Crippen MR) is 73.4 cm³/mol. The highest BCUT2D eigenvalue weighted by atomic mass is 16.5. The van der Waals surface area contributed by atoms with Gasteiger partial charge in [-0.15, -0.1) is 0 Å². The van der Waals surface area contributed by atoms with Crippen molar-refractivity contribution in [1.29, 1.82) is 0 Å². The van der Waals surface area contributed by atoms with E-state index >= 15 is 0 Å². The maximum Gasteiger partial charge on any atom is 0.193 e. The summed E-state index contributed by atoms with van der Waals surface area (Å²) in [6.45, 7) is 0.709. The minimum absolute atomic E-state index is 0.709. The van der Waals surface area contributed by atoms with Crippen LogP contribution in [0.3, 0.4) is 0 Å². The predicted octanol–water partition coefficient (Wildman–Crippen LogP) is 1.34. The SMILES string of the molecule is CN=C(NC)N(C)Cc1ccc(OC)cc1OC. The van der Waals surface area contributed by atoms with E-state index in [1.807, 2.05) is 37.2 Å². The average molecular weight is 251 g/mol. The molecule has 1 rings (SSSR count). The molecule has 0 unspecified atom stereocenters. The second kappa shape index (κ2) is 6.74. The Hall–Kier alpha value is -1.91. The van der Waals surface area contributed by atoms with Crippen molar-refractivity contribution in [3.8, 4) is 11.5 Å². The van der Waals surface area contributed by atoms with Crippen LogP contribution in [-0.4, -0.2) is 46.2 Å². The van der Waals surface area contributed by atoms with Crippen molar-refractivity contribution in [1.82, 2.24) is 10.2 Å². The molecule has 0 saturated heterocycles. The fourth-order valence-electron chi connectivity index (χ4n) is 1.79. The Labute approximate surface area is 108 Å². The zero-order valence-electron chi connectivity index (χ0n) is 11.7. The molecule has 5 nitrogen and oxygen atoms in total. The van der Waals surface area contributed by atoms with E-state index in [4.69, 9.17) is 9.47 Å². The van der Waals surface area contributed by atoms with Crippen LogP contribution in [0.15, 0.2) is 23.2 Å². The Kier molecular flexibility index (Phi) is 5.30. The highest BCUT2D eigenvalue weighted by molar-refractivity contribution is 5.79. The zero-order chi connectivity index (χ0) is 13.5. The number of aliphatic imine (C=N–C) groups is 1. The smallest absolute Gasteiger partial charge is 0.193 e. The lowest BCUT2D eigenvalue weighted by atomic mass is 10.2. The largest absolute Gasteiger partial charge is 0.497 e. The van der Waals surface area contributed by atoms with E-state index in [0.717, 1.165) is 23.0 Å². The summed E-state index contributed by atoms with van der Waals surface area (Å²) in [7, 11) is 8.88. The maximum atomic E-state index is 5.37. The number of nitrogens with one attached hydrogen (secondary N) is 1. The van der Waals surface area contributed by atoms with Gasteiger partial charge in [0.1, 0.15) is 11.5 Å². The van der Waals surface area contributed by atoms with E-state index in [9.17, 15) is 0 Å². The number of nitrogens with zero attached hydrogens (tertiary/aromatic N) is 2. The van der Waals surface area contributed by atoms with E-state index in [1.54, 1.807) is 21.3 Å². The maximum absolute atomic E-state index is 5.37. The van der Waals surface area contributed by atoms with Crippen molar-refractivity contribution in [3.05, 3.63) is 23.8 Å². The molecule has 0 aliphatic rings. The van der Waals surface area contributed by atoms with Gasteiger partial charge in [-0.25, -0.2) is 0 Å². The van der Waals surface area contributed by atoms with E-state index < -0.39 is 0 Å². The van der Waals surface area contributed by atoms with Gasteiger partial charge in [0.15, 0.2) is 5.96 Å². The Balaban J connectivity index is 2.90. The van der Waals surface area contributed by atoms with Crippen LogP contribution in [0.4, 0.5) is 0 Å². The average Bonchev–Trinajstić information content (AvgIpc) is 2.40. The molecule has 0 fully saturated rings. The van der Waals surface area contributed by atoms with Crippen LogP contribution in [0.5, 0.6) is 11.5 Å². The molecule has 0 atom stereocenters. The summed E-state index contributed by atoms with van der Waals surface area (Å²) in [6, 6.07) is 5.80. The third kappa shape index (κ3) is 3.29. The van der Waals surface area contributed by atoms with Gasteiger partial charge < -0.3 is 19.7 Å². The number of rotatable bonds is 4. The normalized spacial score (nSPS) is 11.1. The van der Waals surface area contributed by atoms with Crippen LogP contribution < -0.4 is 14.8 Å². The van der Waals surface area contributed by atoms with Crippen LogP contribution in [0.25, 0.3) is 0 Å². The molecule has 1 aromatic carbocycles. The lowest BCUT2D eigenvalue weighted by Gasteiger charge is -2.21. The molecular weight excluding hydrogens is 230 g/mol. The molecule has 0 heterocycles. The Bertz CT molecular complexity index is 419. The molecule has 5 heteroatoms. The first-order valence-corrected chi connectivity index (χ1v) is 5.72. The lowest BCUT2D eigenvalue weighted by Crippen LogP contribution is -2.36. The molecule has 0 bridgehead atoms. The van der Waals surface area contributed by atoms with Gasteiger partial charge in [-0.3, -0.25) is 4.99 Å². The van der Waals surface area contributed by atoms with E-state index in [0.29, 0.717) is 6.54 Å². The summed E-state index contributed by atoms with van der Waals surface area (Å²) in [5.41, 5.74) is 1.08. The fourth-order valence-corrected chi connectivity index (χ4v) is 1.79. The topological polar surface area (TPSA) is 46.1 Å². The second-order valence-electron chi connectivity index (χ2n) is 3.83. The molecule has 1 N–H and O–H groups in total. The van der Waals surface area contributed by atoms with Crippen molar-refractivity contribution >= 4 is 5.96 Å². The third-order valence-electron chi connectivity index (χ3n) is 2.70. The lowest BCUT2D eigenvalue weighted by molar-refractivity contribution is 0.383. The highest BCUT2D eigenvalue weighted by Crippen LogP contribution is 2.25. The van der Waals surface area contributed by atoms with E-state index in [1.165, 1.54) is 0 Å². The number of ether oxygens (including phenoxy) is 2. The van der Waals surface area contributed by atoms with E-state index in [-0.39, 0.29) is 0 Å². The monoisotopic (exact) mass is 251 g/mol. The molecule has 0 radical (unpaired) electrons. The van der Waals surface area contributed by atoms with Crippen LogP contribution in [-0.2, 0) is 6.54 Å². The van der Waals surface area contributed by atoms with Gasteiger partial charge >= 0.3 is 0 Å².